The number of aliphatic carboxylic acids is 1. The Labute approximate surface area is 119 Å². The number of carbonyl (C=O) groups is 1. The summed E-state index contributed by atoms with van der Waals surface area (Å²) < 4.78 is 51.9. The molecule has 0 aliphatic carbocycles. The standard InChI is InChI=1S/C14H15F4NO2/c1-8(5-6-12(20)21)7-11(19)9-3-2-4-10(15)13(9)14(16,17)18/h2-4,8,19H,5-7H2,1H3,(H,20,21). The quantitative estimate of drug-likeness (QED) is 0.614. The fourth-order valence-electron chi connectivity index (χ4n) is 1.99. The normalized spacial score (nSPS) is 13.0. The summed E-state index contributed by atoms with van der Waals surface area (Å²) in [5.41, 5.74) is -2.29. The van der Waals surface area contributed by atoms with Crippen molar-refractivity contribution >= 4 is 11.7 Å². The molecule has 2 N–H and O–H groups in total. The average molecular weight is 305 g/mol. The van der Waals surface area contributed by atoms with Crippen molar-refractivity contribution in [3.8, 4) is 0 Å². The van der Waals surface area contributed by atoms with E-state index < -0.39 is 29.1 Å². The second kappa shape index (κ2) is 6.69. The van der Waals surface area contributed by atoms with E-state index in [1.807, 2.05) is 0 Å². The summed E-state index contributed by atoms with van der Waals surface area (Å²) in [6.07, 6.45) is -4.80. The largest absolute Gasteiger partial charge is 0.481 e. The van der Waals surface area contributed by atoms with E-state index in [0.717, 1.165) is 12.1 Å². The molecule has 0 radical (unpaired) electrons. The smallest absolute Gasteiger partial charge is 0.419 e. The monoisotopic (exact) mass is 305 g/mol. The van der Waals surface area contributed by atoms with E-state index in [0.29, 0.717) is 6.07 Å². The Morgan fingerprint density at radius 2 is 2.00 bits per heavy atom. The van der Waals surface area contributed by atoms with Crippen LogP contribution in [0.5, 0.6) is 0 Å². The topological polar surface area (TPSA) is 61.1 Å². The third-order valence-corrected chi connectivity index (χ3v) is 3.03. The van der Waals surface area contributed by atoms with Gasteiger partial charge in [-0.3, -0.25) is 4.79 Å². The number of alkyl halides is 3. The summed E-state index contributed by atoms with van der Waals surface area (Å²) in [6, 6.07) is 2.88. The van der Waals surface area contributed by atoms with Crippen LogP contribution in [0.4, 0.5) is 17.6 Å². The first kappa shape index (κ1) is 17.1. The van der Waals surface area contributed by atoms with E-state index in [1.165, 1.54) is 0 Å². The molecule has 1 unspecified atom stereocenters. The summed E-state index contributed by atoms with van der Waals surface area (Å²) in [6.45, 7) is 1.64. The number of rotatable bonds is 6. The van der Waals surface area contributed by atoms with Gasteiger partial charge in [0, 0.05) is 17.7 Å². The molecular formula is C14H15F4NO2. The number of carboxylic acid groups (broad SMARTS) is 1. The van der Waals surface area contributed by atoms with Gasteiger partial charge in [-0.15, -0.1) is 0 Å². The zero-order chi connectivity index (χ0) is 16.2. The number of carboxylic acids is 1. The van der Waals surface area contributed by atoms with Crippen LogP contribution >= 0.6 is 0 Å². The Morgan fingerprint density at radius 3 is 2.52 bits per heavy atom. The summed E-state index contributed by atoms with van der Waals surface area (Å²) in [5.74, 6) is -2.70. The van der Waals surface area contributed by atoms with E-state index >= 15 is 0 Å². The number of nitrogens with one attached hydrogen (secondary N) is 1. The number of hydrogen-bond donors (Lipinski definition) is 2. The lowest BCUT2D eigenvalue weighted by Crippen LogP contribution is -2.17. The summed E-state index contributed by atoms with van der Waals surface area (Å²) in [7, 11) is 0. The minimum Gasteiger partial charge on any atom is -0.481 e. The van der Waals surface area contributed by atoms with E-state index in [-0.39, 0.29) is 30.9 Å². The van der Waals surface area contributed by atoms with Crippen molar-refractivity contribution in [1.82, 2.24) is 0 Å². The molecule has 0 amide bonds. The van der Waals surface area contributed by atoms with Gasteiger partial charge < -0.3 is 10.5 Å². The zero-order valence-corrected chi connectivity index (χ0v) is 11.3. The molecule has 3 nitrogen and oxygen atoms in total. The highest BCUT2D eigenvalue weighted by Crippen LogP contribution is 2.35. The number of benzene rings is 1. The molecule has 0 fully saturated rings. The predicted molar refractivity (Wildman–Crippen MR) is 68.9 cm³/mol. The second-order valence-corrected chi connectivity index (χ2v) is 4.88. The van der Waals surface area contributed by atoms with Crippen LogP contribution in [0.25, 0.3) is 0 Å². The first-order valence-corrected chi connectivity index (χ1v) is 6.28. The van der Waals surface area contributed by atoms with E-state index in [1.54, 1.807) is 6.92 Å². The molecule has 0 spiro atoms. The number of hydrogen-bond acceptors (Lipinski definition) is 2. The SMILES string of the molecule is CC(CCC(=O)O)CC(=N)c1cccc(F)c1C(F)(F)F. The van der Waals surface area contributed by atoms with Crippen LogP contribution in [-0.4, -0.2) is 16.8 Å². The maximum atomic E-state index is 13.4. The van der Waals surface area contributed by atoms with Gasteiger partial charge in [0.1, 0.15) is 11.4 Å². The van der Waals surface area contributed by atoms with Gasteiger partial charge in [0.15, 0.2) is 0 Å². The Kier molecular flexibility index (Phi) is 5.46. The van der Waals surface area contributed by atoms with Gasteiger partial charge in [-0.05, 0) is 24.8 Å². The van der Waals surface area contributed by atoms with Crippen LogP contribution in [0.15, 0.2) is 18.2 Å². The molecule has 0 saturated heterocycles. The van der Waals surface area contributed by atoms with Gasteiger partial charge in [-0.2, -0.15) is 13.2 Å². The third kappa shape index (κ3) is 4.84. The average Bonchev–Trinajstić information content (AvgIpc) is 2.34. The Hall–Kier alpha value is -1.92. The minimum atomic E-state index is -4.88. The lowest BCUT2D eigenvalue weighted by Gasteiger charge is -2.16. The van der Waals surface area contributed by atoms with E-state index in [2.05, 4.69) is 0 Å². The van der Waals surface area contributed by atoms with Crippen molar-refractivity contribution < 1.29 is 27.5 Å². The van der Waals surface area contributed by atoms with Crippen molar-refractivity contribution in [3.05, 3.63) is 35.1 Å². The highest BCUT2D eigenvalue weighted by molar-refractivity contribution is 5.99. The fraction of sp³-hybridized carbons (Fsp3) is 0.429. The highest BCUT2D eigenvalue weighted by Gasteiger charge is 2.37. The van der Waals surface area contributed by atoms with Gasteiger partial charge in [0.05, 0.1) is 0 Å². The van der Waals surface area contributed by atoms with Crippen LogP contribution < -0.4 is 0 Å². The van der Waals surface area contributed by atoms with Crippen LogP contribution in [0.2, 0.25) is 0 Å². The molecule has 116 valence electrons. The molecule has 7 heteroatoms. The molecular weight excluding hydrogens is 290 g/mol. The van der Waals surface area contributed by atoms with Crippen LogP contribution in [0.1, 0.15) is 37.3 Å². The van der Waals surface area contributed by atoms with Crippen molar-refractivity contribution in [2.45, 2.75) is 32.4 Å². The highest BCUT2D eigenvalue weighted by atomic mass is 19.4. The summed E-state index contributed by atoms with van der Waals surface area (Å²) in [5, 5.41) is 16.3. The molecule has 0 aliphatic heterocycles. The second-order valence-electron chi connectivity index (χ2n) is 4.88. The van der Waals surface area contributed by atoms with E-state index in [9.17, 15) is 22.4 Å². The molecule has 0 bridgehead atoms. The third-order valence-electron chi connectivity index (χ3n) is 3.03. The van der Waals surface area contributed by atoms with Gasteiger partial charge in [-0.25, -0.2) is 4.39 Å². The molecule has 1 rings (SSSR count). The first-order valence-electron chi connectivity index (χ1n) is 6.28. The van der Waals surface area contributed by atoms with Crippen molar-refractivity contribution in [1.29, 1.82) is 5.41 Å². The Morgan fingerprint density at radius 1 is 1.38 bits per heavy atom. The van der Waals surface area contributed by atoms with Crippen molar-refractivity contribution in [2.75, 3.05) is 0 Å². The lowest BCUT2D eigenvalue weighted by molar-refractivity contribution is -0.140. The lowest BCUT2D eigenvalue weighted by atomic mass is 9.92. The zero-order valence-electron chi connectivity index (χ0n) is 11.3. The molecule has 0 saturated carbocycles. The first-order chi connectivity index (χ1) is 9.62. The van der Waals surface area contributed by atoms with Crippen LogP contribution in [0, 0.1) is 17.1 Å². The van der Waals surface area contributed by atoms with Crippen LogP contribution in [0.3, 0.4) is 0 Å². The molecule has 1 aromatic carbocycles. The number of halogens is 4. The fourth-order valence-corrected chi connectivity index (χ4v) is 1.99. The minimum absolute atomic E-state index is 0.0419. The maximum Gasteiger partial charge on any atom is 0.419 e. The van der Waals surface area contributed by atoms with Crippen molar-refractivity contribution in [3.63, 3.8) is 0 Å². The molecule has 1 atom stereocenters. The molecule has 21 heavy (non-hydrogen) atoms. The van der Waals surface area contributed by atoms with Crippen LogP contribution in [-0.2, 0) is 11.0 Å². The Balaban J connectivity index is 2.93. The molecule has 0 heterocycles. The van der Waals surface area contributed by atoms with E-state index in [4.69, 9.17) is 10.5 Å². The van der Waals surface area contributed by atoms with Gasteiger partial charge in [0.25, 0.3) is 0 Å². The van der Waals surface area contributed by atoms with Gasteiger partial charge in [-0.1, -0.05) is 19.1 Å². The van der Waals surface area contributed by atoms with Crippen molar-refractivity contribution in [2.24, 2.45) is 5.92 Å². The Bertz CT molecular complexity index is 540. The molecule has 0 aromatic heterocycles. The predicted octanol–water partition coefficient (Wildman–Crippen LogP) is 4.10. The maximum absolute atomic E-state index is 13.4. The molecule has 0 aliphatic rings. The summed E-state index contributed by atoms with van der Waals surface area (Å²) >= 11 is 0. The van der Waals surface area contributed by atoms with Gasteiger partial charge in [0.2, 0.25) is 0 Å². The summed E-state index contributed by atoms with van der Waals surface area (Å²) in [4.78, 5) is 10.4. The molecule has 1 aromatic rings. The van der Waals surface area contributed by atoms with Gasteiger partial charge >= 0.3 is 12.1 Å².